The number of rotatable bonds is 5. The van der Waals surface area contributed by atoms with Gasteiger partial charge in [0.05, 0.1) is 16.9 Å². The number of amides is 1. The van der Waals surface area contributed by atoms with E-state index in [1.807, 2.05) is 0 Å². The Kier molecular flexibility index (Phi) is 5.13. The summed E-state index contributed by atoms with van der Waals surface area (Å²) in [5, 5.41) is 2.62. The molecule has 4 N–H and O–H groups in total. The number of hydrogen-bond acceptors (Lipinski definition) is 4. The van der Waals surface area contributed by atoms with Crippen LogP contribution in [0.1, 0.15) is 10.4 Å². The highest BCUT2D eigenvalue weighted by Crippen LogP contribution is 2.32. The minimum atomic E-state index is -2.55. The second-order valence-electron chi connectivity index (χ2n) is 4.02. The molecule has 0 radical (unpaired) electrons. The summed E-state index contributed by atoms with van der Waals surface area (Å²) in [5.74, 6) is 2.36. The highest BCUT2D eigenvalue weighted by atomic mass is 32.2. The number of halogens is 2. The van der Waals surface area contributed by atoms with Crippen molar-refractivity contribution in [2.45, 2.75) is 10.7 Å². The molecule has 4 nitrogen and oxygen atoms in total. The molecule has 21 heavy (non-hydrogen) atoms. The Balaban J connectivity index is 2.24. The molecular formula is C14H13F2N3OS. The monoisotopic (exact) mass is 309 g/mol. The average Bonchev–Trinajstić information content (AvgIpc) is 2.48. The summed E-state index contributed by atoms with van der Waals surface area (Å²) in [6.45, 7) is 0. The van der Waals surface area contributed by atoms with Gasteiger partial charge in [0.1, 0.15) is 0 Å². The van der Waals surface area contributed by atoms with Crippen LogP contribution in [0.15, 0.2) is 53.4 Å². The van der Waals surface area contributed by atoms with Crippen LogP contribution in [0.25, 0.3) is 0 Å². The molecule has 0 aliphatic rings. The summed E-state index contributed by atoms with van der Waals surface area (Å²) >= 11 is 0.384. The van der Waals surface area contributed by atoms with E-state index in [4.69, 9.17) is 5.84 Å². The Morgan fingerprint density at radius 2 is 1.67 bits per heavy atom. The molecule has 0 aliphatic carbocycles. The van der Waals surface area contributed by atoms with Gasteiger partial charge in [0, 0.05) is 4.90 Å². The van der Waals surface area contributed by atoms with Gasteiger partial charge in [0.2, 0.25) is 0 Å². The summed E-state index contributed by atoms with van der Waals surface area (Å²) in [6.07, 6.45) is 0. The smallest absolute Gasteiger partial charge is 0.288 e. The number of carbonyl (C=O) groups excluding carboxylic acids is 1. The first-order chi connectivity index (χ1) is 10.1. The van der Waals surface area contributed by atoms with Crippen LogP contribution in [0.5, 0.6) is 0 Å². The van der Waals surface area contributed by atoms with E-state index in [0.717, 1.165) is 0 Å². The van der Waals surface area contributed by atoms with Crippen LogP contribution < -0.4 is 16.6 Å². The molecule has 0 atom stereocenters. The van der Waals surface area contributed by atoms with Gasteiger partial charge in [-0.05, 0) is 24.3 Å². The van der Waals surface area contributed by atoms with Crippen molar-refractivity contribution >= 4 is 29.0 Å². The lowest BCUT2D eigenvalue weighted by Crippen LogP contribution is -2.17. The quantitative estimate of drug-likeness (QED) is 0.449. The van der Waals surface area contributed by atoms with Crippen LogP contribution in [-0.4, -0.2) is 11.7 Å². The minimum absolute atomic E-state index is 0.305. The second kappa shape index (κ2) is 7.05. The Morgan fingerprint density at radius 3 is 2.33 bits per heavy atom. The molecule has 0 saturated carbocycles. The fourth-order valence-electron chi connectivity index (χ4n) is 1.77. The lowest BCUT2D eigenvalue weighted by atomic mass is 10.1. The number of nitrogens with one attached hydrogen (secondary N) is 2. The van der Waals surface area contributed by atoms with Gasteiger partial charge in [-0.3, -0.25) is 10.6 Å². The number of hydrazine groups is 1. The maximum absolute atomic E-state index is 12.5. The van der Waals surface area contributed by atoms with Crippen molar-refractivity contribution in [2.75, 3.05) is 10.7 Å². The zero-order chi connectivity index (χ0) is 15.2. The zero-order valence-electron chi connectivity index (χ0n) is 10.8. The highest BCUT2D eigenvalue weighted by molar-refractivity contribution is 7.99. The number of nitrogens with two attached hydrogens (primary N) is 1. The van der Waals surface area contributed by atoms with Crippen molar-refractivity contribution in [3.8, 4) is 0 Å². The molecule has 0 heterocycles. The topological polar surface area (TPSA) is 67.1 Å². The Labute approximate surface area is 124 Å². The van der Waals surface area contributed by atoms with Crippen molar-refractivity contribution in [1.29, 1.82) is 0 Å². The molecule has 0 fully saturated rings. The van der Waals surface area contributed by atoms with Crippen LogP contribution in [-0.2, 0) is 0 Å². The molecule has 0 saturated heterocycles. The fourth-order valence-corrected chi connectivity index (χ4v) is 2.36. The van der Waals surface area contributed by atoms with Gasteiger partial charge in [0.25, 0.3) is 11.7 Å². The predicted molar refractivity (Wildman–Crippen MR) is 80.5 cm³/mol. The molecule has 2 aromatic carbocycles. The van der Waals surface area contributed by atoms with Crippen molar-refractivity contribution in [1.82, 2.24) is 0 Å². The Bertz CT molecular complexity index is 637. The molecule has 0 aromatic heterocycles. The lowest BCUT2D eigenvalue weighted by molar-refractivity contribution is 0.102. The predicted octanol–water partition coefficient (Wildman–Crippen LogP) is 3.54. The lowest BCUT2D eigenvalue weighted by Gasteiger charge is -2.12. The first-order valence-electron chi connectivity index (χ1n) is 6.02. The molecule has 0 bridgehead atoms. The van der Waals surface area contributed by atoms with E-state index >= 15 is 0 Å². The van der Waals surface area contributed by atoms with Gasteiger partial charge < -0.3 is 10.7 Å². The van der Waals surface area contributed by atoms with Gasteiger partial charge in [-0.15, -0.1) is 0 Å². The molecule has 0 aliphatic heterocycles. The highest BCUT2D eigenvalue weighted by Gasteiger charge is 2.14. The minimum Gasteiger partial charge on any atom is -0.323 e. The van der Waals surface area contributed by atoms with Gasteiger partial charge >= 0.3 is 0 Å². The van der Waals surface area contributed by atoms with E-state index in [0.29, 0.717) is 33.6 Å². The second-order valence-corrected chi connectivity index (χ2v) is 5.05. The summed E-state index contributed by atoms with van der Waals surface area (Å²) in [4.78, 5) is 12.5. The van der Waals surface area contributed by atoms with Gasteiger partial charge in [-0.2, -0.15) is 8.78 Å². The molecule has 2 aromatic rings. The van der Waals surface area contributed by atoms with Crippen LogP contribution in [0.4, 0.5) is 20.2 Å². The third-order valence-electron chi connectivity index (χ3n) is 2.68. The van der Waals surface area contributed by atoms with E-state index in [2.05, 4.69) is 10.7 Å². The first kappa shape index (κ1) is 15.3. The van der Waals surface area contributed by atoms with Crippen molar-refractivity contribution in [3.63, 3.8) is 0 Å². The molecule has 110 valence electrons. The van der Waals surface area contributed by atoms with Crippen molar-refractivity contribution in [3.05, 3.63) is 54.1 Å². The van der Waals surface area contributed by atoms with E-state index in [1.54, 1.807) is 42.5 Å². The van der Waals surface area contributed by atoms with E-state index < -0.39 is 11.7 Å². The maximum atomic E-state index is 12.5. The zero-order valence-corrected chi connectivity index (χ0v) is 11.7. The SMILES string of the molecule is NNc1ccccc1C(=O)Nc1ccccc1SC(F)F. The number of nitrogen functional groups attached to an aromatic ring is 1. The third kappa shape index (κ3) is 3.93. The standard InChI is InChI=1S/C14H13F2N3OS/c15-14(16)21-12-8-4-3-7-11(12)18-13(20)9-5-1-2-6-10(9)19-17/h1-8,14,19H,17H2,(H,18,20). The van der Waals surface area contributed by atoms with Crippen LogP contribution in [0.2, 0.25) is 0 Å². The largest absolute Gasteiger partial charge is 0.323 e. The fraction of sp³-hybridized carbons (Fsp3) is 0.0714. The number of alkyl halides is 2. The number of carbonyl (C=O) groups is 1. The van der Waals surface area contributed by atoms with E-state index in [1.165, 1.54) is 6.07 Å². The molecule has 1 amide bonds. The summed E-state index contributed by atoms with van der Waals surface area (Å²) in [7, 11) is 0. The Hall–Kier alpha value is -2.12. The Morgan fingerprint density at radius 1 is 1.05 bits per heavy atom. The van der Waals surface area contributed by atoms with Crippen molar-refractivity contribution in [2.24, 2.45) is 5.84 Å². The number of thioether (sulfide) groups is 1. The van der Waals surface area contributed by atoms with Crippen LogP contribution >= 0.6 is 11.8 Å². The molecule has 0 unspecified atom stereocenters. The third-order valence-corrected chi connectivity index (χ3v) is 3.47. The number of hydrogen-bond donors (Lipinski definition) is 3. The van der Waals surface area contributed by atoms with Gasteiger partial charge in [-0.1, -0.05) is 36.0 Å². The first-order valence-corrected chi connectivity index (χ1v) is 6.90. The molecule has 7 heteroatoms. The van der Waals surface area contributed by atoms with Crippen molar-refractivity contribution < 1.29 is 13.6 Å². The summed E-state index contributed by atoms with van der Waals surface area (Å²) in [6, 6.07) is 13.1. The van der Waals surface area contributed by atoms with Crippen LogP contribution in [0.3, 0.4) is 0 Å². The number of anilines is 2. The van der Waals surface area contributed by atoms with Gasteiger partial charge in [0.15, 0.2) is 0 Å². The number of benzene rings is 2. The summed E-state index contributed by atoms with van der Waals surface area (Å²) in [5.41, 5.74) is 3.54. The number of para-hydroxylation sites is 2. The normalized spacial score (nSPS) is 10.5. The summed E-state index contributed by atoms with van der Waals surface area (Å²) < 4.78 is 25.0. The molecule has 0 spiro atoms. The molecule has 2 rings (SSSR count). The van der Waals surface area contributed by atoms with E-state index in [9.17, 15) is 13.6 Å². The van der Waals surface area contributed by atoms with E-state index in [-0.39, 0.29) is 0 Å². The van der Waals surface area contributed by atoms with Crippen LogP contribution in [0, 0.1) is 0 Å². The molecular weight excluding hydrogens is 296 g/mol. The maximum Gasteiger partial charge on any atom is 0.288 e. The van der Waals surface area contributed by atoms with Gasteiger partial charge in [-0.25, -0.2) is 0 Å². The average molecular weight is 309 g/mol.